The molecule has 0 unspecified atom stereocenters. The molecule has 0 heterocycles. The van der Waals surface area contributed by atoms with Crippen LogP contribution in [0.5, 0.6) is 5.75 Å². The van der Waals surface area contributed by atoms with Gasteiger partial charge in [-0.25, -0.2) is 4.79 Å². The van der Waals surface area contributed by atoms with Crippen LogP contribution in [0.3, 0.4) is 0 Å². The Bertz CT molecular complexity index is 753. The van der Waals surface area contributed by atoms with Crippen LogP contribution in [-0.4, -0.2) is 25.1 Å². The van der Waals surface area contributed by atoms with Gasteiger partial charge in [0.15, 0.2) is 6.61 Å². The number of anilines is 1. The van der Waals surface area contributed by atoms with Crippen LogP contribution in [0.25, 0.3) is 0 Å². The minimum Gasteiger partial charge on any atom is -0.484 e. The number of ether oxygens (including phenoxy) is 2. The van der Waals surface area contributed by atoms with Gasteiger partial charge in [-0.05, 0) is 54.3 Å². The third-order valence-corrected chi connectivity index (χ3v) is 4.03. The van der Waals surface area contributed by atoms with Gasteiger partial charge in [0, 0.05) is 5.69 Å². The molecule has 5 heteroatoms. The Kier molecular flexibility index (Phi) is 7.86. The highest BCUT2D eigenvalue weighted by molar-refractivity contribution is 5.93. The van der Waals surface area contributed by atoms with Crippen molar-refractivity contribution in [3.63, 3.8) is 0 Å². The summed E-state index contributed by atoms with van der Waals surface area (Å²) < 4.78 is 10.7. The van der Waals surface area contributed by atoms with E-state index in [1.807, 2.05) is 31.2 Å². The molecule has 2 aromatic rings. The number of esters is 1. The van der Waals surface area contributed by atoms with Gasteiger partial charge in [-0.3, -0.25) is 4.79 Å². The Balaban J connectivity index is 1.83. The van der Waals surface area contributed by atoms with E-state index >= 15 is 0 Å². The van der Waals surface area contributed by atoms with Gasteiger partial charge >= 0.3 is 5.97 Å². The number of benzene rings is 2. The van der Waals surface area contributed by atoms with Crippen LogP contribution in [0.15, 0.2) is 48.5 Å². The maximum atomic E-state index is 12.1. The van der Waals surface area contributed by atoms with Gasteiger partial charge in [0.25, 0.3) is 5.91 Å². The number of rotatable bonds is 9. The van der Waals surface area contributed by atoms with E-state index in [1.54, 1.807) is 24.3 Å². The van der Waals surface area contributed by atoms with Crippen LogP contribution in [0.1, 0.15) is 55.5 Å². The minimum atomic E-state index is -0.352. The smallest absolute Gasteiger partial charge is 0.338 e. The van der Waals surface area contributed by atoms with E-state index in [-0.39, 0.29) is 18.5 Å². The number of nitrogens with one attached hydrogen (secondary N) is 1. The SMILES string of the molecule is CCCCOC(=O)c1ccc(NC(=O)COc2cccc(C(C)C)c2)cc1. The van der Waals surface area contributed by atoms with Crippen molar-refractivity contribution in [3.05, 3.63) is 59.7 Å². The molecule has 0 radical (unpaired) electrons. The van der Waals surface area contributed by atoms with Gasteiger partial charge in [0.1, 0.15) is 5.75 Å². The first-order valence-corrected chi connectivity index (χ1v) is 9.29. The van der Waals surface area contributed by atoms with Crippen LogP contribution in [0.4, 0.5) is 5.69 Å². The lowest BCUT2D eigenvalue weighted by Gasteiger charge is -2.10. The Labute approximate surface area is 160 Å². The third kappa shape index (κ3) is 6.77. The summed E-state index contributed by atoms with van der Waals surface area (Å²) in [5, 5.41) is 2.75. The summed E-state index contributed by atoms with van der Waals surface area (Å²) in [5.41, 5.74) is 2.23. The Morgan fingerprint density at radius 2 is 1.81 bits per heavy atom. The normalized spacial score (nSPS) is 10.5. The predicted molar refractivity (Wildman–Crippen MR) is 106 cm³/mol. The fraction of sp³-hybridized carbons (Fsp3) is 0.364. The van der Waals surface area contributed by atoms with Gasteiger partial charge in [0.05, 0.1) is 12.2 Å². The summed E-state index contributed by atoms with van der Waals surface area (Å²) in [6, 6.07) is 14.3. The summed E-state index contributed by atoms with van der Waals surface area (Å²) >= 11 is 0. The molecule has 0 atom stereocenters. The molecule has 5 nitrogen and oxygen atoms in total. The van der Waals surface area contributed by atoms with Gasteiger partial charge in [0.2, 0.25) is 0 Å². The molecule has 0 aliphatic rings. The molecule has 1 amide bonds. The molecule has 0 aliphatic heterocycles. The number of unbranched alkanes of at least 4 members (excludes halogenated alkanes) is 1. The maximum absolute atomic E-state index is 12.1. The summed E-state index contributed by atoms with van der Waals surface area (Å²) in [7, 11) is 0. The number of hydrogen-bond acceptors (Lipinski definition) is 4. The highest BCUT2D eigenvalue weighted by atomic mass is 16.5. The third-order valence-electron chi connectivity index (χ3n) is 4.03. The second-order valence-electron chi connectivity index (χ2n) is 6.63. The van der Waals surface area contributed by atoms with Crippen LogP contribution in [0.2, 0.25) is 0 Å². The monoisotopic (exact) mass is 369 g/mol. The Morgan fingerprint density at radius 3 is 2.48 bits per heavy atom. The molecule has 0 fully saturated rings. The van der Waals surface area contributed by atoms with E-state index < -0.39 is 0 Å². The zero-order chi connectivity index (χ0) is 19.6. The summed E-state index contributed by atoms with van der Waals surface area (Å²) in [6.45, 7) is 6.59. The molecule has 144 valence electrons. The minimum absolute atomic E-state index is 0.0810. The maximum Gasteiger partial charge on any atom is 0.338 e. The topological polar surface area (TPSA) is 64.6 Å². The first-order chi connectivity index (χ1) is 13.0. The number of amides is 1. The number of hydrogen-bond donors (Lipinski definition) is 1. The van der Waals surface area contributed by atoms with E-state index in [0.717, 1.165) is 18.4 Å². The second-order valence-corrected chi connectivity index (χ2v) is 6.63. The predicted octanol–water partition coefficient (Wildman–Crippen LogP) is 4.78. The van der Waals surface area contributed by atoms with E-state index in [2.05, 4.69) is 19.2 Å². The number of carbonyl (C=O) groups excluding carboxylic acids is 2. The molecule has 0 saturated heterocycles. The zero-order valence-electron chi connectivity index (χ0n) is 16.2. The lowest BCUT2D eigenvalue weighted by molar-refractivity contribution is -0.118. The molecule has 27 heavy (non-hydrogen) atoms. The van der Waals surface area contributed by atoms with E-state index in [4.69, 9.17) is 9.47 Å². The van der Waals surface area contributed by atoms with Crippen molar-refractivity contribution in [2.45, 2.75) is 39.5 Å². The fourth-order valence-corrected chi connectivity index (χ4v) is 2.39. The van der Waals surface area contributed by atoms with Crippen molar-refractivity contribution in [2.24, 2.45) is 0 Å². The van der Waals surface area contributed by atoms with Crippen LogP contribution in [0, 0.1) is 0 Å². The summed E-state index contributed by atoms with van der Waals surface area (Å²) in [4.78, 5) is 23.9. The molecule has 0 aromatic heterocycles. The summed E-state index contributed by atoms with van der Waals surface area (Å²) in [6.07, 6.45) is 1.82. The Morgan fingerprint density at radius 1 is 1.07 bits per heavy atom. The van der Waals surface area contributed by atoms with E-state index in [0.29, 0.717) is 29.5 Å². The largest absolute Gasteiger partial charge is 0.484 e. The van der Waals surface area contributed by atoms with Gasteiger partial charge in [-0.1, -0.05) is 39.3 Å². The van der Waals surface area contributed by atoms with Crippen molar-refractivity contribution >= 4 is 17.6 Å². The highest BCUT2D eigenvalue weighted by Crippen LogP contribution is 2.20. The average molecular weight is 369 g/mol. The van der Waals surface area contributed by atoms with Crippen molar-refractivity contribution in [1.29, 1.82) is 0 Å². The molecule has 0 saturated carbocycles. The molecule has 2 aromatic carbocycles. The lowest BCUT2D eigenvalue weighted by atomic mass is 10.0. The van der Waals surface area contributed by atoms with Crippen molar-refractivity contribution in [2.75, 3.05) is 18.5 Å². The lowest BCUT2D eigenvalue weighted by Crippen LogP contribution is -2.20. The first-order valence-electron chi connectivity index (χ1n) is 9.29. The standard InChI is InChI=1S/C22H27NO4/c1-4-5-13-26-22(25)17-9-11-19(12-10-17)23-21(24)15-27-20-8-6-7-18(14-20)16(2)3/h6-12,14,16H,4-5,13,15H2,1-3H3,(H,23,24). The quantitative estimate of drug-likeness (QED) is 0.510. The molecule has 1 N–H and O–H groups in total. The van der Waals surface area contributed by atoms with E-state index in [9.17, 15) is 9.59 Å². The van der Waals surface area contributed by atoms with Crippen molar-refractivity contribution in [1.82, 2.24) is 0 Å². The molecule has 2 rings (SSSR count). The zero-order valence-corrected chi connectivity index (χ0v) is 16.2. The molecule has 0 spiro atoms. The average Bonchev–Trinajstić information content (AvgIpc) is 2.67. The molecule has 0 aliphatic carbocycles. The van der Waals surface area contributed by atoms with Crippen molar-refractivity contribution in [3.8, 4) is 5.75 Å². The van der Waals surface area contributed by atoms with Gasteiger partial charge in [-0.2, -0.15) is 0 Å². The van der Waals surface area contributed by atoms with Crippen LogP contribution >= 0.6 is 0 Å². The molecular formula is C22H27NO4. The van der Waals surface area contributed by atoms with Crippen LogP contribution in [-0.2, 0) is 9.53 Å². The Hall–Kier alpha value is -2.82. The van der Waals surface area contributed by atoms with Gasteiger partial charge < -0.3 is 14.8 Å². The fourth-order valence-electron chi connectivity index (χ4n) is 2.39. The molecular weight excluding hydrogens is 342 g/mol. The van der Waals surface area contributed by atoms with E-state index in [1.165, 1.54) is 0 Å². The molecule has 0 bridgehead atoms. The summed E-state index contributed by atoms with van der Waals surface area (Å²) in [5.74, 6) is 0.453. The highest BCUT2D eigenvalue weighted by Gasteiger charge is 2.09. The second kappa shape index (κ2) is 10.4. The first kappa shape index (κ1) is 20.5. The van der Waals surface area contributed by atoms with Crippen LogP contribution < -0.4 is 10.1 Å². The van der Waals surface area contributed by atoms with Crippen molar-refractivity contribution < 1.29 is 19.1 Å². The van der Waals surface area contributed by atoms with Gasteiger partial charge in [-0.15, -0.1) is 0 Å². The number of carbonyl (C=O) groups is 2.